The van der Waals surface area contributed by atoms with Crippen molar-refractivity contribution in [3.8, 4) is 0 Å². The van der Waals surface area contributed by atoms with E-state index < -0.39 is 10.0 Å². The number of nitrogens with one attached hydrogen (secondary N) is 3. The van der Waals surface area contributed by atoms with Gasteiger partial charge in [0.25, 0.3) is 0 Å². The smallest absolute Gasteiger partial charge is 0.240 e. The lowest BCUT2D eigenvalue weighted by molar-refractivity contribution is 0.582. The summed E-state index contributed by atoms with van der Waals surface area (Å²) in [5.41, 5.74) is 3.51. The van der Waals surface area contributed by atoms with Crippen LogP contribution in [0, 0.1) is 6.92 Å². The van der Waals surface area contributed by atoms with Gasteiger partial charge in [0.05, 0.1) is 4.90 Å². The first-order valence-electron chi connectivity index (χ1n) is 10.4. The number of benzene rings is 1. The fourth-order valence-electron chi connectivity index (χ4n) is 3.59. The molecule has 0 saturated carbocycles. The van der Waals surface area contributed by atoms with Crippen molar-refractivity contribution in [1.29, 1.82) is 0 Å². The summed E-state index contributed by atoms with van der Waals surface area (Å²) < 4.78 is 27.9. The van der Waals surface area contributed by atoms with Gasteiger partial charge in [0.1, 0.15) is 23.8 Å². The van der Waals surface area contributed by atoms with Gasteiger partial charge >= 0.3 is 0 Å². The molecule has 9 heteroatoms. The van der Waals surface area contributed by atoms with E-state index in [1.54, 1.807) is 18.3 Å². The second-order valence-electron chi connectivity index (χ2n) is 7.59. The van der Waals surface area contributed by atoms with E-state index in [2.05, 4.69) is 30.3 Å². The summed E-state index contributed by atoms with van der Waals surface area (Å²) in [6.07, 6.45) is 7.43. The molecule has 8 nitrogen and oxygen atoms in total. The number of aromatic nitrogens is 3. The molecule has 162 valence electrons. The molecule has 3 aromatic rings. The van der Waals surface area contributed by atoms with Gasteiger partial charge in [0.2, 0.25) is 10.0 Å². The summed E-state index contributed by atoms with van der Waals surface area (Å²) in [4.78, 5) is 13.0. The molecular weight excluding hydrogens is 412 g/mol. The average molecular weight is 439 g/mol. The lowest BCUT2D eigenvalue weighted by atomic mass is 9.92. The number of hydrogen-bond acceptors (Lipinski definition) is 7. The van der Waals surface area contributed by atoms with Gasteiger partial charge in [-0.05, 0) is 73.6 Å². The molecule has 3 N–H and O–H groups in total. The summed E-state index contributed by atoms with van der Waals surface area (Å²) in [5.74, 6) is 1.89. The van der Waals surface area contributed by atoms with Crippen molar-refractivity contribution in [2.75, 3.05) is 23.7 Å². The number of anilines is 3. The Morgan fingerprint density at radius 3 is 2.48 bits per heavy atom. The van der Waals surface area contributed by atoms with Gasteiger partial charge in [-0.3, -0.25) is 0 Å². The highest BCUT2D eigenvalue weighted by molar-refractivity contribution is 7.89. The van der Waals surface area contributed by atoms with Gasteiger partial charge in [-0.15, -0.1) is 0 Å². The van der Waals surface area contributed by atoms with Crippen molar-refractivity contribution in [3.63, 3.8) is 0 Å². The quantitative estimate of drug-likeness (QED) is 0.463. The Morgan fingerprint density at radius 1 is 0.871 bits per heavy atom. The lowest BCUT2D eigenvalue weighted by Gasteiger charge is -2.17. The molecule has 1 aliphatic rings. The molecule has 2 aromatic heterocycles. The van der Waals surface area contributed by atoms with Gasteiger partial charge in [-0.25, -0.2) is 28.1 Å². The van der Waals surface area contributed by atoms with Crippen LogP contribution in [0.5, 0.6) is 0 Å². The van der Waals surface area contributed by atoms with Crippen LogP contribution in [0.2, 0.25) is 0 Å². The molecule has 0 spiro atoms. The van der Waals surface area contributed by atoms with E-state index in [1.165, 1.54) is 18.3 Å². The average Bonchev–Trinajstić information content (AvgIpc) is 2.77. The largest absolute Gasteiger partial charge is 0.369 e. The Hall–Kier alpha value is -3.04. The topological polar surface area (TPSA) is 109 Å². The molecule has 4 rings (SSSR count). The maximum Gasteiger partial charge on any atom is 0.240 e. The van der Waals surface area contributed by atoms with Gasteiger partial charge in [0.15, 0.2) is 0 Å². The summed E-state index contributed by atoms with van der Waals surface area (Å²) in [7, 11) is -3.54. The number of hydrogen-bond donors (Lipinski definition) is 3. The van der Waals surface area contributed by atoms with Crippen LogP contribution in [0.4, 0.5) is 17.5 Å². The molecule has 0 atom stereocenters. The molecule has 0 aliphatic heterocycles. The Bertz CT molecular complexity index is 1170. The Balaban J connectivity index is 1.31. The molecule has 0 saturated heterocycles. The molecule has 0 unspecified atom stereocenters. The van der Waals surface area contributed by atoms with E-state index in [-0.39, 0.29) is 6.54 Å². The van der Waals surface area contributed by atoms with E-state index in [0.29, 0.717) is 28.9 Å². The number of rotatable bonds is 8. The number of pyridine rings is 1. The highest BCUT2D eigenvalue weighted by atomic mass is 32.2. The summed E-state index contributed by atoms with van der Waals surface area (Å²) in [6.45, 7) is 2.62. The minimum absolute atomic E-state index is 0.242. The number of aryl methyl sites for hydroxylation is 3. The fourth-order valence-corrected chi connectivity index (χ4v) is 4.68. The van der Waals surface area contributed by atoms with E-state index in [0.717, 1.165) is 30.4 Å². The van der Waals surface area contributed by atoms with Crippen molar-refractivity contribution in [2.45, 2.75) is 37.5 Å². The number of nitrogens with zero attached hydrogens (tertiary/aromatic N) is 3. The lowest BCUT2D eigenvalue weighted by Crippen LogP contribution is -2.29. The van der Waals surface area contributed by atoms with Crippen molar-refractivity contribution in [1.82, 2.24) is 19.7 Å². The monoisotopic (exact) mass is 438 g/mol. The maximum absolute atomic E-state index is 12.6. The van der Waals surface area contributed by atoms with Crippen molar-refractivity contribution in [3.05, 3.63) is 65.6 Å². The van der Waals surface area contributed by atoms with Gasteiger partial charge < -0.3 is 10.6 Å². The molecular formula is C22H26N6O2S. The minimum atomic E-state index is -3.54. The van der Waals surface area contributed by atoms with Crippen LogP contribution in [0.25, 0.3) is 0 Å². The van der Waals surface area contributed by atoms with Gasteiger partial charge in [0, 0.05) is 25.4 Å². The Morgan fingerprint density at radius 2 is 1.65 bits per heavy atom. The third-order valence-corrected chi connectivity index (χ3v) is 6.65. The van der Waals surface area contributed by atoms with E-state index in [1.807, 2.05) is 31.2 Å². The fraction of sp³-hybridized carbons (Fsp3) is 0.318. The molecule has 2 heterocycles. The molecule has 31 heavy (non-hydrogen) atoms. The van der Waals surface area contributed by atoms with Crippen LogP contribution in [-0.4, -0.2) is 36.5 Å². The van der Waals surface area contributed by atoms with Crippen molar-refractivity contribution < 1.29 is 8.42 Å². The molecule has 0 fully saturated rings. The van der Waals surface area contributed by atoms with Crippen molar-refractivity contribution >= 4 is 27.5 Å². The first kappa shape index (κ1) is 21.2. The highest BCUT2D eigenvalue weighted by Crippen LogP contribution is 2.24. The SMILES string of the molecule is Cc1ccnc(Nc2cc(NCCNS(=O)(=O)c3ccc4c(c3)CCCC4)ncn2)c1. The molecule has 1 aromatic carbocycles. The van der Waals surface area contributed by atoms with Crippen LogP contribution in [0.1, 0.15) is 29.5 Å². The van der Waals surface area contributed by atoms with E-state index >= 15 is 0 Å². The second kappa shape index (κ2) is 9.40. The number of sulfonamides is 1. The molecule has 0 amide bonds. The summed E-state index contributed by atoms with van der Waals surface area (Å²) in [5, 5.41) is 6.25. The van der Waals surface area contributed by atoms with Gasteiger partial charge in [-0.2, -0.15) is 0 Å². The zero-order valence-electron chi connectivity index (χ0n) is 17.4. The summed E-state index contributed by atoms with van der Waals surface area (Å²) in [6, 6.07) is 11.0. The second-order valence-corrected chi connectivity index (χ2v) is 9.36. The maximum atomic E-state index is 12.6. The minimum Gasteiger partial charge on any atom is -0.369 e. The van der Waals surface area contributed by atoms with E-state index in [4.69, 9.17) is 0 Å². The van der Waals surface area contributed by atoms with Gasteiger partial charge in [-0.1, -0.05) is 6.07 Å². The third-order valence-electron chi connectivity index (χ3n) is 5.19. The highest BCUT2D eigenvalue weighted by Gasteiger charge is 2.17. The van der Waals surface area contributed by atoms with Crippen molar-refractivity contribution in [2.24, 2.45) is 0 Å². The molecule has 0 radical (unpaired) electrons. The standard InChI is InChI=1S/C22H26N6O2S/c1-16-8-9-23-21(12-16)28-22-14-20(25-15-26-22)24-10-11-27-31(29,30)19-7-6-17-4-2-3-5-18(17)13-19/h6-9,12-15,27H,2-5,10-11H2,1H3,(H2,23,24,25,26,28). The molecule has 1 aliphatic carbocycles. The Labute approximate surface area is 182 Å². The zero-order valence-corrected chi connectivity index (χ0v) is 18.2. The Kier molecular flexibility index (Phi) is 6.43. The normalized spacial score (nSPS) is 13.5. The van der Waals surface area contributed by atoms with Crippen LogP contribution < -0.4 is 15.4 Å². The van der Waals surface area contributed by atoms with Crippen LogP contribution in [0.3, 0.4) is 0 Å². The summed E-state index contributed by atoms with van der Waals surface area (Å²) >= 11 is 0. The zero-order chi connectivity index (χ0) is 21.7. The van der Waals surface area contributed by atoms with Crippen LogP contribution in [0.15, 0.2) is 53.8 Å². The predicted molar refractivity (Wildman–Crippen MR) is 121 cm³/mol. The third kappa shape index (κ3) is 5.56. The molecule has 0 bridgehead atoms. The van der Waals surface area contributed by atoms with E-state index in [9.17, 15) is 8.42 Å². The van der Waals surface area contributed by atoms with Crippen LogP contribution >= 0.6 is 0 Å². The predicted octanol–water partition coefficient (Wildman–Crippen LogP) is 3.19. The van der Waals surface area contributed by atoms with Crippen LogP contribution in [-0.2, 0) is 22.9 Å². The first-order valence-corrected chi connectivity index (χ1v) is 11.8. The number of fused-ring (bicyclic) bond motifs is 1. The first-order chi connectivity index (χ1) is 15.0.